The van der Waals surface area contributed by atoms with E-state index in [4.69, 9.17) is 9.47 Å². The number of benzene rings is 1. The van der Waals surface area contributed by atoms with Crippen LogP contribution in [-0.2, 0) is 11.3 Å². The van der Waals surface area contributed by atoms with Crippen molar-refractivity contribution in [2.24, 2.45) is 0 Å². The lowest BCUT2D eigenvalue weighted by molar-refractivity contribution is 0.0679. The Hall–Kier alpha value is -1.85. The van der Waals surface area contributed by atoms with Gasteiger partial charge in [0.05, 0.1) is 12.6 Å². The fourth-order valence-electron chi connectivity index (χ4n) is 2.73. The Morgan fingerprint density at radius 3 is 2.75 bits per heavy atom. The minimum atomic E-state index is 0.0217. The predicted molar refractivity (Wildman–Crippen MR) is 95.8 cm³/mol. The first-order valence-electron chi connectivity index (χ1n) is 8.26. The molecule has 5 heteroatoms. The Kier molecular flexibility index (Phi) is 5.53. The van der Waals surface area contributed by atoms with E-state index in [0.717, 1.165) is 25.2 Å². The molecular weight excluding hydrogens is 322 g/mol. The summed E-state index contributed by atoms with van der Waals surface area (Å²) >= 11 is 1.69. The van der Waals surface area contributed by atoms with Crippen LogP contribution in [0.2, 0.25) is 0 Å². The van der Waals surface area contributed by atoms with Crippen molar-refractivity contribution in [2.45, 2.75) is 32.4 Å². The summed E-state index contributed by atoms with van der Waals surface area (Å²) in [4.78, 5) is 15.5. The molecule has 0 bridgehead atoms. The number of carbonyl (C=O) groups is 1. The smallest absolute Gasteiger partial charge is 0.253 e. The van der Waals surface area contributed by atoms with Crippen molar-refractivity contribution < 1.29 is 14.3 Å². The first-order chi connectivity index (χ1) is 11.6. The zero-order chi connectivity index (χ0) is 16.9. The van der Waals surface area contributed by atoms with Gasteiger partial charge in [0.15, 0.2) is 0 Å². The third-order valence-corrected chi connectivity index (χ3v) is 5.26. The van der Waals surface area contributed by atoms with Gasteiger partial charge in [-0.3, -0.25) is 4.79 Å². The summed E-state index contributed by atoms with van der Waals surface area (Å²) < 4.78 is 11.3. The number of thiophene rings is 1. The fraction of sp³-hybridized carbons (Fsp3) is 0.421. The number of rotatable bonds is 6. The Balaban J connectivity index is 1.55. The number of nitrogens with zero attached hydrogens (tertiary/aromatic N) is 1. The summed E-state index contributed by atoms with van der Waals surface area (Å²) in [6.07, 6.45) is 2.37. The monoisotopic (exact) mass is 345 g/mol. The molecule has 24 heavy (non-hydrogen) atoms. The molecule has 2 heterocycles. The largest absolute Gasteiger partial charge is 0.491 e. The van der Waals surface area contributed by atoms with Gasteiger partial charge in [-0.05, 0) is 61.0 Å². The topological polar surface area (TPSA) is 38.8 Å². The van der Waals surface area contributed by atoms with E-state index in [1.807, 2.05) is 31.3 Å². The maximum absolute atomic E-state index is 12.5. The molecular formula is C19H23NO3S. The third kappa shape index (κ3) is 4.16. The highest BCUT2D eigenvalue weighted by molar-refractivity contribution is 7.10. The molecule has 1 aromatic carbocycles. The Labute approximate surface area is 147 Å². The zero-order valence-electron chi connectivity index (χ0n) is 14.2. The average molecular weight is 345 g/mol. The number of hydrogen-bond donors (Lipinski definition) is 0. The quantitative estimate of drug-likeness (QED) is 0.797. The van der Waals surface area contributed by atoms with Gasteiger partial charge in [-0.25, -0.2) is 0 Å². The molecule has 1 unspecified atom stereocenters. The molecule has 1 amide bonds. The summed E-state index contributed by atoms with van der Waals surface area (Å²) in [6.45, 7) is 4.12. The van der Waals surface area contributed by atoms with Crippen molar-refractivity contribution in [3.63, 3.8) is 0 Å². The van der Waals surface area contributed by atoms with Crippen molar-refractivity contribution in [1.29, 1.82) is 0 Å². The SMILES string of the molecule is Cc1ccsc1CN(C)C(=O)c1ccc(OCC2CCCO2)cc1. The molecule has 0 saturated carbocycles. The zero-order valence-corrected chi connectivity index (χ0v) is 15.0. The summed E-state index contributed by atoms with van der Waals surface area (Å²) in [5.74, 6) is 0.798. The maximum atomic E-state index is 12.5. The van der Waals surface area contributed by atoms with E-state index >= 15 is 0 Å². The van der Waals surface area contributed by atoms with Crippen LogP contribution in [0.4, 0.5) is 0 Å². The molecule has 2 aromatic rings. The van der Waals surface area contributed by atoms with Crippen LogP contribution in [0.25, 0.3) is 0 Å². The molecule has 1 aliphatic heterocycles. The van der Waals surface area contributed by atoms with Crippen LogP contribution in [0.3, 0.4) is 0 Å². The van der Waals surface area contributed by atoms with Crippen LogP contribution in [-0.4, -0.2) is 37.2 Å². The molecule has 0 spiro atoms. The third-order valence-electron chi connectivity index (χ3n) is 4.26. The Morgan fingerprint density at radius 1 is 1.33 bits per heavy atom. The van der Waals surface area contributed by atoms with Gasteiger partial charge in [0.25, 0.3) is 5.91 Å². The summed E-state index contributed by atoms with van der Waals surface area (Å²) in [5, 5.41) is 2.06. The van der Waals surface area contributed by atoms with Crippen molar-refractivity contribution >= 4 is 17.2 Å². The number of carbonyl (C=O) groups excluding carboxylic acids is 1. The van der Waals surface area contributed by atoms with Crippen LogP contribution >= 0.6 is 11.3 Å². The molecule has 4 nitrogen and oxygen atoms in total. The van der Waals surface area contributed by atoms with Gasteiger partial charge in [0.1, 0.15) is 12.4 Å². The van der Waals surface area contributed by atoms with Crippen molar-refractivity contribution in [2.75, 3.05) is 20.3 Å². The van der Waals surface area contributed by atoms with Gasteiger partial charge in [0.2, 0.25) is 0 Å². The highest BCUT2D eigenvalue weighted by atomic mass is 32.1. The number of amides is 1. The first kappa shape index (κ1) is 17.0. The van der Waals surface area contributed by atoms with E-state index < -0.39 is 0 Å². The van der Waals surface area contributed by atoms with E-state index in [2.05, 4.69) is 18.4 Å². The minimum Gasteiger partial charge on any atom is -0.491 e. The fourth-order valence-corrected chi connectivity index (χ4v) is 3.69. The van der Waals surface area contributed by atoms with Gasteiger partial charge < -0.3 is 14.4 Å². The number of aryl methyl sites for hydroxylation is 1. The van der Waals surface area contributed by atoms with E-state index in [9.17, 15) is 4.79 Å². The van der Waals surface area contributed by atoms with Crippen molar-refractivity contribution in [3.8, 4) is 5.75 Å². The van der Waals surface area contributed by atoms with Gasteiger partial charge >= 0.3 is 0 Å². The van der Waals surface area contributed by atoms with E-state index in [1.165, 1.54) is 10.4 Å². The Morgan fingerprint density at radius 2 is 2.12 bits per heavy atom. The first-order valence-corrected chi connectivity index (χ1v) is 9.14. The molecule has 1 aromatic heterocycles. The molecule has 0 aliphatic carbocycles. The highest BCUT2D eigenvalue weighted by Crippen LogP contribution is 2.20. The van der Waals surface area contributed by atoms with Gasteiger partial charge in [-0.1, -0.05) is 0 Å². The van der Waals surface area contributed by atoms with Crippen LogP contribution in [0.5, 0.6) is 5.75 Å². The number of ether oxygens (including phenoxy) is 2. The second kappa shape index (κ2) is 7.81. The molecule has 0 N–H and O–H groups in total. The van der Waals surface area contributed by atoms with Gasteiger partial charge in [0, 0.05) is 24.1 Å². The van der Waals surface area contributed by atoms with E-state index in [1.54, 1.807) is 16.2 Å². The molecule has 3 rings (SSSR count). The molecule has 128 valence electrons. The normalized spacial score (nSPS) is 17.0. The van der Waals surface area contributed by atoms with Crippen LogP contribution in [0, 0.1) is 6.92 Å². The lowest BCUT2D eigenvalue weighted by Crippen LogP contribution is -2.26. The molecule has 0 radical (unpaired) electrons. The lowest BCUT2D eigenvalue weighted by atomic mass is 10.2. The highest BCUT2D eigenvalue weighted by Gasteiger charge is 2.17. The minimum absolute atomic E-state index is 0.0217. The van der Waals surface area contributed by atoms with E-state index in [0.29, 0.717) is 18.7 Å². The summed E-state index contributed by atoms with van der Waals surface area (Å²) in [6, 6.07) is 9.44. The standard InChI is InChI=1S/C19H23NO3S/c1-14-9-11-24-18(14)12-20(2)19(21)15-5-7-16(8-6-15)23-13-17-4-3-10-22-17/h5-9,11,17H,3-4,10,12-13H2,1-2H3. The Bertz CT molecular complexity index is 674. The van der Waals surface area contributed by atoms with E-state index in [-0.39, 0.29) is 12.0 Å². The summed E-state index contributed by atoms with van der Waals surface area (Å²) in [5.41, 5.74) is 1.91. The second-order valence-electron chi connectivity index (χ2n) is 6.16. The summed E-state index contributed by atoms with van der Waals surface area (Å²) in [7, 11) is 1.84. The predicted octanol–water partition coefficient (Wildman–Crippen LogP) is 3.89. The molecule has 1 fully saturated rings. The second-order valence-corrected chi connectivity index (χ2v) is 7.16. The van der Waals surface area contributed by atoms with Crippen LogP contribution in [0.15, 0.2) is 35.7 Å². The van der Waals surface area contributed by atoms with Crippen LogP contribution in [0.1, 0.15) is 33.6 Å². The molecule has 1 saturated heterocycles. The molecule has 1 atom stereocenters. The van der Waals surface area contributed by atoms with Crippen molar-refractivity contribution in [1.82, 2.24) is 4.90 Å². The van der Waals surface area contributed by atoms with Gasteiger partial charge in [-0.2, -0.15) is 0 Å². The number of hydrogen-bond acceptors (Lipinski definition) is 4. The maximum Gasteiger partial charge on any atom is 0.253 e. The lowest BCUT2D eigenvalue weighted by Gasteiger charge is -2.17. The van der Waals surface area contributed by atoms with Crippen LogP contribution < -0.4 is 4.74 Å². The van der Waals surface area contributed by atoms with Gasteiger partial charge in [-0.15, -0.1) is 11.3 Å². The molecule has 1 aliphatic rings. The average Bonchev–Trinajstić information content (AvgIpc) is 3.25. The van der Waals surface area contributed by atoms with Crippen molar-refractivity contribution in [3.05, 3.63) is 51.7 Å².